The minimum atomic E-state index is -0.428. The zero-order valence-electron chi connectivity index (χ0n) is 12.3. The fourth-order valence-corrected chi connectivity index (χ4v) is 2.47. The van der Waals surface area contributed by atoms with Crippen LogP contribution < -0.4 is 17.2 Å². The Morgan fingerprint density at radius 1 is 0.958 bits per heavy atom. The summed E-state index contributed by atoms with van der Waals surface area (Å²) in [5.74, 6) is -0.183. The van der Waals surface area contributed by atoms with Crippen LogP contribution in [-0.2, 0) is 0 Å². The lowest BCUT2D eigenvalue weighted by Gasteiger charge is -2.02. The van der Waals surface area contributed by atoms with Gasteiger partial charge in [0.15, 0.2) is 5.96 Å². The van der Waals surface area contributed by atoms with Crippen LogP contribution in [0.2, 0.25) is 0 Å². The summed E-state index contributed by atoms with van der Waals surface area (Å²) in [6.07, 6.45) is 0. The predicted octanol–water partition coefficient (Wildman–Crippen LogP) is 2.39. The molecule has 0 saturated heterocycles. The first kappa shape index (κ1) is 19.3. The van der Waals surface area contributed by atoms with Crippen molar-refractivity contribution in [3.05, 3.63) is 58.6 Å². The molecule has 0 radical (unpaired) electrons. The van der Waals surface area contributed by atoms with Crippen LogP contribution >= 0.6 is 24.2 Å². The molecule has 0 aliphatic heterocycles. The van der Waals surface area contributed by atoms with E-state index in [9.17, 15) is 10.1 Å². The molecule has 2 rings (SSSR count). The second-order valence-electron chi connectivity index (χ2n) is 4.35. The number of rotatable bonds is 4. The molecule has 126 valence electrons. The van der Waals surface area contributed by atoms with Crippen LogP contribution in [0, 0.1) is 10.1 Å². The highest BCUT2D eigenvalue weighted by Gasteiger charge is 2.05. The van der Waals surface area contributed by atoms with Gasteiger partial charge in [-0.25, -0.2) is 4.99 Å². The summed E-state index contributed by atoms with van der Waals surface area (Å²) in [4.78, 5) is 19.7. The Hall–Kier alpha value is -2.78. The standard InChI is InChI=1S/C14H14N6O2S.ClH/c15-13(16)19-14(17)18-9-1-5-11(6-2-9)23-12-7-3-10(4-8-12)20(21)22;/h1-8H,(H6,15,16,17,18,19);1H. The van der Waals surface area contributed by atoms with Gasteiger partial charge in [-0.3, -0.25) is 10.1 Å². The van der Waals surface area contributed by atoms with E-state index in [2.05, 4.69) is 9.98 Å². The summed E-state index contributed by atoms with van der Waals surface area (Å²) in [6.45, 7) is 0. The van der Waals surface area contributed by atoms with E-state index in [0.29, 0.717) is 5.69 Å². The Balaban J connectivity index is 0.00000288. The van der Waals surface area contributed by atoms with Crippen molar-refractivity contribution in [3.8, 4) is 0 Å². The summed E-state index contributed by atoms with van der Waals surface area (Å²) in [7, 11) is 0. The minimum Gasteiger partial charge on any atom is -0.370 e. The van der Waals surface area contributed by atoms with Crippen LogP contribution in [-0.4, -0.2) is 16.8 Å². The molecule has 0 amide bonds. The van der Waals surface area contributed by atoms with Crippen molar-refractivity contribution in [1.82, 2.24) is 0 Å². The van der Waals surface area contributed by atoms with Gasteiger partial charge < -0.3 is 17.2 Å². The van der Waals surface area contributed by atoms with E-state index >= 15 is 0 Å². The van der Waals surface area contributed by atoms with Gasteiger partial charge in [-0.05, 0) is 36.4 Å². The number of benzene rings is 2. The van der Waals surface area contributed by atoms with Crippen molar-refractivity contribution in [3.63, 3.8) is 0 Å². The first-order valence-electron chi connectivity index (χ1n) is 6.40. The van der Waals surface area contributed by atoms with E-state index in [-0.39, 0.29) is 30.0 Å². The van der Waals surface area contributed by atoms with E-state index in [1.54, 1.807) is 24.3 Å². The summed E-state index contributed by atoms with van der Waals surface area (Å²) < 4.78 is 0. The predicted molar refractivity (Wildman–Crippen MR) is 98.0 cm³/mol. The Bertz CT molecular complexity index is 758. The molecular weight excluding hydrogens is 352 g/mol. The molecule has 6 N–H and O–H groups in total. The number of hydrogen-bond acceptors (Lipinski definition) is 4. The maximum absolute atomic E-state index is 10.6. The van der Waals surface area contributed by atoms with Crippen molar-refractivity contribution in [1.29, 1.82) is 0 Å². The van der Waals surface area contributed by atoms with Crippen molar-refractivity contribution < 1.29 is 4.92 Å². The number of nitro benzene ring substituents is 1. The van der Waals surface area contributed by atoms with Crippen molar-refractivity contribution in [2.45, 2.75) is 9.79 Å². The molecule has 10 heteroatoms. The molecule has 8 nitrogen and oxygen atoms in total. The van der Waals surface area contributed by atoms with Crippen molar-refractivity contribution >= 4 is 47.5 Å². The number of nitrogens with two attached hydrogens (primary N) is 3. The summed E-state index contributed by atoms with van der Waals surface area (Å²) >= 11 is 1.48. The highest BCUT2D eigenvalue weighted by molar-refractivity contribution is 7.99. The lowest BCUT2D eigenvalue weighted by atomic mass is 10.3. The minimum absolute atomic E-state index is 0. The first-order valence-corrected chi connectivity index (χ1v) is 7.22. The van der Waals surface area contributed by atoms with Crippen LogP contribution in [0.4, 0.5) is 11.4 Å². The molecule has 0 fully saturated rings. The second-order valence-corrected chi connectivity index (χ2v) is 5.50. The molecule has 2 aromatic carbocycles. The quantitative estimate of drug-likeness (QED) is 0.327. The van der Waals surface area contributed by atoms with Crippen LogP contribution in [0.1, 0.15) is 0 Å². The van der Waals surface area contributed by atoms with Gasteiger partial charge in [-0.2, -0.15) is 4.99 Å². The molecule has 0 aliphatic rings. The average Bonchev–Trinajstić information content (AvgIpc) is 2.49. The molecule has 0 spiro atoms. The highest BCUT2D eigenvalue weighted by Crippen LogP contribution is 2.30. The smallest absolute Gasteiger partial charge is 0.269 e. The highest BCUT2D eigenvalue weighted by atomic mass is 35.5. The number of nitro groups is 1. The molecule has 24 heavy (non-hydrogen) atoms. The zero-order valence-corrected chi connectivity index (χ0v) is 14.0. The van der Waals surface area contributed by atoms with Gasteiger partial charge >= 0.3 is 0 Å². The number of hydrogen-bond donors (Lipinski definition) is 3. The van der Waals surface area contributed by atoms with Gasteiger partial charge in [-0.15, -0.1) is 12.4 Å². The van der Waals surface area contributed by atoms with Crippen LogP contribution in [0.5, 0.6) is 0 Å². The third-order valence-corrected chi connectivity index (χ3v) is 3.62. The summed E-state index contributed by atoms with van der Waals surface area (Å²) in [6, 6.07) is 13.6. The SMILES string of the molecule is Cl.NC(N)=NC(N)=Nc1ccc(Sc2ccc([N+](=O)[O-])cc2)cc1. The van der Waals surface area contributed by atoms with Crippen molar-refractivity contribution in [2.75, 3.05) is 0 Å². The lowest BCUT2D eigenvalue weighted by Crippen LogP contribution is -2.26. The largest absolute Gasteiger partial charge is 0.370 e. The van der Waals surface area contributed by atoms with Crippen LogP contribution in [0.15, 0.2) is 68.3 Å². The average molecular weight is 367 g/mol. The summed E-state index contributed by atoms with van der Waals surface area (Å²) in [5, 5.41) is 10.6. The van der Waals surface area contributed by atoms with Gasteiger partial charge in [0.05, 0.1) is 10.6 Å². The fraction of sp³-hybridized carbons (Fsp3) is 0. The zero-order chi connectivity index (χ0) is 16.8. The molecule has 2 aromatic rings. The Labute approximate surface area is 148 Å². The third-order valence-electron chi connectivity index (χ3n) is 2.61. The normalized spacial score (nSPS) is 10.6. The fourth-order valence-electron chi connectivity index (χ4n) is 1.65. The molecule has 0 heterocycles. The van der Waals surface area contributed by atoms with Gasteiger partial charge in [0.1, 0.15) is 0 Å². The number of nitrogens with zero attached hydrogens (tertiary/aromatic N) is 3. The Morgan fingerprint density at radius 3 is 1.92 bits per heavy atom. The molecular formula is C14H15ClN6O2S. The molecule has 0 aliphatic carbocycles. The van der Waals surface area contributed by atoms with Gasteiger partial charge in [-0.1, -0.05) is 11.8 Å². The monoisotopic (exact) mass is 366 g/mol. The number of halogens is 1. The van der Waals surface area contributed by atoms with Crippen molar-refractivity contribution in [2.24, 2.45) is 27.2 Å². The van der Waals surface area contributed by atoms with E-state index in [4.69, 9.17) is 17.2 Å². The van der Waals surface area contributed by atoms with Crippen LogP contribution in [0.25, 0.3) is 0 Å². The number of guanidine groups is 2. The Kier molecular flexibility index (Phi) is 7.02. The molecule has 0 unspecified atom stereocenters. The third kappa shape index (κ3) is 5.78. The Morgan fingerprint density at radius 2 is 1.46 bits per heavy atom. The van der Waals surface area contributed by atoms with Gasteiger partial charge in [0.2, 0.25) is 5.96 Å². The maximum atomic E-state index is 10.6. The number of aliphatic imine (C=N–C) groups is 2. The van der Waals surface area contributed by atoms with Crippen LogP contribution in [0.3, 0.4) is 0 Å². The first-order chi connectivity index (χ1) is 10.9. The molecule has 0 bridgehead atoms. The molecule has 0 saturated carbocycles. The lowest BCUT2D eigenvalue weighted by molar-refractivity contribution is -0.384. The second kappa shape index (κ2) is 8.75. The van der Waals surface area contributed by atoms with Gasteiger partial charge in [0.25, 0.3) is 5.69 Å². The summed E-state index contributed by atoms with van der Waals surface area (Å²) in [5.41, 5.74) is 16.6. The van der Waals surface area contributed by atoms with Gasteiger partial charge in [0, 0.05) is 21.9 Å². The molecule has 0 aromatic heterocycles. The van der Waals surface area contributed by atoms with E-state index < -0.39 is 4.92 Å². The van der Waals surface area contributed by atoms with E-state index in [0.717, 1.165) is 9.79 Å². The molecule has 0 atom stereocenters. The van der Waals surface area contributed by atoms with E-state index in [1.807, 2.05) is 12.1 Å². The van der Waals surface area contributed by atoms with E-state index in [1.165, 1.54) is 23.9 Å². The number of non-ortho nitro benzene ring substituents is 1. The maximum Gasteiger partial charge on any atom is 0.269 e. The topological polar surface area (TPSA) is 146 Å².